The SMILES string of the molecule is COc1ccc(C=C2OC(=O)C(C(O)c3cc(Br)c(OC)c(Br)c3)=C2c2cc(Br)c(O)c(Br)c2)cc1. The average Bonchev–Trinajstić information content (AvgIpc) is 3.17. The number of aromatic hydroxyl groups is 1. The van der Waals surface area contributed by atoms with Crippen molar-refractivity contribution in [2.24, 2.45) is 0 Å². The van der Waals surface area contributed by atoms with E-state index in [2.05, 4.69) is 63.7 Å². The molecule has 0 amide bonds. The first-order valence-corrected chi connectivity index (χ1v) is 13.5. The average molecular weight is 746 g/mol. The number of cyclic esters (lactones) is 1. The van der Waals surface area contributed by atoms with Crippen molar-refractivity contribution >= 4 is 81.3 Å². The largest absolute Gasteiger partial charge is 0.506 e. The predicted molar refractivity (Wildman–Crippen MR) is 151 cm³/mol. The van der Waals surface area contributed by atoms with E-state index in [1.165, 1.54) is 7.11 Å². The lowest BCUT2D eigenvalue weighted by molar-refractivity contribution is -0.134. The summed E-state index contributed by atoms with van der Waals surface area (Å²) in [5.41, 5.74) is 2.22. The van der Waals surface area contributed by atoms with Gasteiger partial charge in [-0.25, -0.2) is 4.79 Å². The van der Waals surface area contributed by atoms with Gasteiger partial charge in [0.25, 0.3) is 0 Å². The van der Waals surface area contributed by atoms with Gasteiger partial charge in [-0.15, -0.1) is 0 Å². The normalized spacial score (nSPS) is 15.3. The molecule has 1 heterocycles. The van der Waals surface area contributed by atoms with E-state index >= 15 is 0 Å². The molecule has 36 heavy (non-hydrogen) atoms. The number of phenolic OH excluding ortho intramolecular Hbond substituents is 1. The van der Waals surface area contributed by atoms with Gasteiger partial charge in [0.2, 0.25) is 0 Å². The zero-order chi connectivity index (χ0) is 26.1. The van der Waals surface area contributed by atoms with Crippen molar-refractivity contribution in [2.75, 3.05) is 14.2 Å². The number of methoxy groups -OCH3 is 2. The molecule has 0 spiro atoms. The number of rotatable bonds is 6. The third kappa shape index (κ3) is 5.28. The van der Waals surface area contributed by atoms with Crippen LogP contribution in [0.3, 0.4) is 0 Å². The Morgan fingerprint density at radius 3 is 2.00 bits per heavy atom. The fraction of sp³-hybridized carbons (Fsp3) is 0.115. The molecule has 186 valence electrons. The number of carbonyl (C=O) groups is 1. The molecule has 1 unspecified atom stereocenters. The molecule has 1 aliphatic heterocycles. The van der Waals surface area contributed by atoms with E-state index in [1.54, 1.807) is 49.6 Å². The summed E-state index contributed by atoms with van der Waals surface area (Å²) < 4.78 is 18.3. The van der Waals surface area contributed by atoms with Gasteiger partial charge in [0, 0.05) is 5.57 Å². The van der Waals surface area contributed by atoms with E-state index in [0.717, 1.165) is 5.56 Å². The first kappa shape index (κ1) is 26.9. The number of ether oxygens (including phenoxy) is 3. The maximum Gasteiger partial charge on any atom is 0.343 e. The van der Waals surface area contributed by atoms with Gasteiger partial charge in [-0.05, 0) is 123 Å². The van der Waals surface area contributed by atoms with Crippen molar-refractivity contribution in [1.82, 2.24) is 0 Å². The topological polar surface area (TPSA) is 85.2 Å². The lowest BCUT2D eigenvalue weighted by Gasteiger charge is -2.16. The minimum absolute atomic E-state index is 0.00962. The Morgan fingerprint density at radius 2 is 1.47 bits per heavy atom. The van der Waals surface area contributed by atoms with E-state index in [1.807, 2.05) is 12.1 Å². The second kappa shape index (κ2) is 11.1. The van der Waals surface area contributed by atoms with Crippen LogP contribution in [-0.4, -0.2) is 30.4 Å². The molecule has 0 bridgehead atoms. The number of esters is 1. The van der Waals surface area contributed by atoms with Crippen LogP contribution in [0.4, 0.5) is 0 Å². The molecular weight excluding hydrogens is 728 g/mol. The molecule has 2 N–H and O–H groups in total. The number of hydrogen-bond donors (Lipinski definition) is 2. The molecular formula is C26H18Br4O6. The van der Waals surface area contributed by atoms with Crippen molar-refractivity contribution in [3.8, 4) is 17.2 Å². The molecule has 3 aromatic carbocycles. The smallest absolute Gasteiger partial charge is 0.343 e. The van der Waals surface area contributed by atoms with E-state index in [9.17, 15) is 15.0 Å². The Hall–Kier alpha value is -2.11. The maximum atomic E-state index is 13.2. The van der Waals surface area contributed by atoms with Crippen molar-refractivity contribution < 1.29 is 29.2 Å². The fourth-order valence-electron chi connectivity index (χ4n) is 3.75. The van der Waals surface area contributed by atoms with Crippen LogP contribution in [0.25, 0.3) is 11.6 Å². The van der Waals surface area contributed by atoms with Crippen LogP contribution in [0.2, 0.25) is 0 Å². The minimum atomic E-state index is -1.32. The molecule has 0 saturated heterocycles. The van der Waals surface area contributed by atoms with Crippen molar-refractivity contribution in [3.05, 3.63) is 94.4 Å². The highest BCUT2D eigenvalue weighted by Crippen LogP contribution is 2.46. The van der Waals surface area contributed by atoms with Crippen LogP contribution >= 0.6 is 63.7 Å². The molecule has 0 saturated carbocycles. The highest BCUT2D eigenvalue weighted by molar-refractivity contribution is 9.11. The summed E-state index contributed by atoms with van der Waals surface area (Å²) in [6, 6.07) is 13.9. The standard InChI is InChI=1S/C26H18Br4O6/c1-34-15-5-3-12(4-6-15)7-20-21(13-8-16(27)24(32)17(28)9-13)22(26(33)36-20)23(31)14-10-18(29)25(35-2)19(30)11-14/h3-11,23,31-32H,1-2H3. The van der Waals surface area contributed by atoms with Gasteiger partial charge in [0.15, 0.2) is 0 Å². The number of aliphatic hydroxyl groups excluding tert-OH is 1. The minimum Gasteiger partial charge on any atom is -0.506 e. The van der Waals surface area contributed by atoms with Crippen LogP contribution < -0.4 is 9.47 Å². The number of carbonyl (C=O) groups excluding carboxylic acids is 1. The zero-order valence-electron chi connectivity index (χ0n) is 18.8. The highest BCUT2D eigenvalue weighted by Gasteiger charge is 2.37. The Balaban J connectivity index is 1.93. The number of phenols is 1. The van der Waals surface area contributed by atoms with E-state index in [-0.39, 0.29) is 17.1 Å². The summed E-state index contributed by atoms with van der Waals surface area (Å²) in [6.07, 6.45) is 0.389. The van der Waals surface area contributed by atoms with E-state index in [4.69, 9.17) is 14.2 Å². The molecule has 10 heteroatoms. The summed E-state index contributed by atoms with van der Waals surface area (Å²) in [5, 5.41) is 21.7. The first-order valence-electron chi connectivity index (χ1n) is 10.4. The Morgan fingerprint density at radius 1 is 0.889 bits per heavy atom. The molecule has 0 aliphatic carbocycles. The third-order valence-corrected chi connectivity index (χ3v) is 7.86. The van der Waals surface area contributed by atoms with Gasteiger partial charge in [-0.2, -0.15) is 0 Å². The highest BCUT2D eigenvalue weighted by atomic mass is 79.9. The Kier molecular flexibility index (Phi) is 8.31. The Bertz CT molecular complexity index is 1370. The van der Waals surface area contributed by atoms with Gasteiger partial charge in [-0.1, -0.05) is 12.1 Å². The number of benzene rings is 3. The van der Waals surface area contributed by atoms with Crippen LogP contribution in [0, 0.1) is 0 Å². The number of allylic oxidation sites excluding steroid dienone is 1. The summed E-state index contributed by atoms with van der Waals surface area (Å²) >= 11 is 13.6. The summed E-state index contributed by atoms with van der Waals surface area (Å²) in [6.45, 7) is 0. The summed E-state index contributed by atoms with van der Waals surface area (Å²) in [4.78, 5) is 13.2. The van der Waals surface area contributed by atoms with Crippen LogP contribution in [0.5, 0.6) is 17.2 Å². The van der Waals surface area contributed by atoms with Crippen LogP contribution in [0.15, 0.2) is 77.8 Å². The quantitative estimate of drug-likeness (QED) is 0.254. The van der Waals surface area contributed by atoms with E-state index < -0.39 is 12.1 Å². The second-order valence-electron chi connectivity index (χ2n) is 7.67. The second-order valence-corrected chi connectivity index (χ2v) is 11.1. The van der Waals surface area contributed by atoms with Gasteiger partial charge >= 0.3 is 5.97 Å². The van der Waals surface area contributed by atoms with Crippen LogP contribution in [-0.2, 0) is 9.53 Å². The molecule has 4 rings (SSSR count). The van der Waals surface area contributed by atoms with Crippen molar-refractivity contribution in [2.45, 2.75) is 6.10 Å². The van der Waals surface area contributed by atoms with Gasteiger partial charge < -0.3 is 24.4 Å². The van der Waals surface area contributed by atoms with Gasteiger partial charge in [-0.3, -0.25) is 0 Å². The fourth-order valence-corrected chi connectivity index (χ4v) is 6.48. The molecule has 0 radical (unpaired) electrons. The maximum absolute atomic E-state index is 13.2. The number of halogens is 4. The summed E-state index contributed by atoms with van der Waals surface area (Å²) in [5.74, 6) is 0.835. The molecule has 1 atom stereocenters. The summed E-state index contributed by atoms with van der Waals surface area (Å²) in [7, 11) is 3.11. The third-order valence-electron chi connectivity index (χ3n) is 5.47. The van der Waals surface area contributed by atoms with Gasteiger partial charge in [0.1, 0.15) is 29.1 Å². The predicted octanol–water partition coefficient (Wildman–Crippen LogP) is 7.54. The molecule has 0 aromatic heterocycles. The van der Waals surface area contributed by atoms with Crippen molar-refractivity contribution in [3.63, 3.8) is 0 Å². The van der Waals surface area contributed by atoms with Crippen LogP contribution in [0.1, 0.15) is 22.8 Å². The lowest BCUT2D eigenvalue weighted by Crippen LogP contribution is -2.10. The molecule has 3 aromatic rings. The Labute approximate surface area is 241 Å². The number of aliphatic hydroxyl groups is 1. The molecule has 6 nitrogen and oxygen atoms in total. The van der Waals surface area contributed by atoms with Gasteiger partial charge in [0.05, 0.1) is 37.7 Å². The molecule has 0 fully saturated rings. The van der Waals surface area contributed by atoms with Crippen molar-refractivity contribution in [1.29, 1.82) is 0 Å². The lowest BCUT2D eigenvalue weighted by atomic mass is 9.92. The monoisotopic (exact) mass is 742 g/mol. The van der Waals surface area contributed by atoms with E-state index in [0.29, 0.717) is 46.1 Å². The first-order chi connectivity index (χ1) is 17.1. The molecule has 1 aliphatic rings. The zero-order valence-corrected chi connectivity index (χ0v) is 25.2. The number of hydrogen-bond acceptors (Lipinski definition) is 6.